The molecule has 0 fully saturated rings. The third kappa shape index (κ3) is 3.28. The quantitative estimate of drug-likeness (QED) is 0.331. The van der Waals surface area contributed by atoms with Crippen LogP contribution in [0.3, 0.4) is 0 Å². The van der Waals surface area contributed by atoms with Crippen LogP contribution in [0.15, 0.2) is 76.3 Å². The number of benzene rings is 3. The fourth-order valence-corrected chi connectivity index (χ4v) is 5.15. The fourth-order valence-electron chi connectivity index (χ4n) is 3.65. The molecule has 0 aliphatic rings. The van der Waals surface area contributed by atoms with E-state index in [2.05, 4.69) is 0 Å². The van der Waals surface area contributed by atoms with Gasteiger partial charge in [-0.1, -0.05) is 59.6 Å². The topological polar surface area (TPSA) is 44.0 Å². The Morgan fingerprint density at radius 1 is 0.903 bits per heavy atom. The van der Waals surface area contributed by atoms with Crippen LogP contribution in [0.5, 0.6) is 0 Å². The van der Waals surface area contributed by atoms with Gasteiger partial charge in [-0.25, -0.2) is 13.8 Å². The van der Waals surface area contributed by atoms with Crippen molar-refractivity contribution in [2.45, 2.75) is 6.54 Å². The molecule has 0 saturated heterocycles. The maximum Gasteiger partial charge on any atom is 0.336 e. The summed E-state index contributed by atoms with van der Waals surface area (Å²) in [7, 11) is 0. The molecule has 0 bridgehead atoms. The summed E-state index contributed by atoms with van der Waals surface area (Å²) in [5.41, 5.74) is 0.474. The first-order valence-corrected chi connectivity index (χ1v) is 10.9. The molecule has 2 aromatic heterocycles. The molecule has 0 saturated carbocycles. The second kappa shape index (κ2) is 7.64. The van der Waals surface area contributed by atoms with Gasteiger partial charge < -0.3 is 0 Å². The van der Waals surface area contributed by atoms with Crippen molar-refractivity contribution in [2.24, 2.45) is 0 Å². The van der Waals surface area contributed by atoms with Gasteiger partial charge in [-0.2, -0.15) is 0 Å². The highest BCUT2D eigenvalue weighted by atomic mass is 35.5. The van der Waals surface area contributed by atoms with E-state index in [0.29, 0.717) is 15.2 Å². The smallest absolute Gasteiger partial charge is 0.287 e. The number of aromatic nitrogens is 2. The van der Waals surface area contributed by atoms with Crippen LogP contribution >= 0.6 is 34.5 Å². The summed E-state index contributed by atoms with van der Waals surface area (Å²) in [5.74, 6) is -0.627. The van der Waals surface area contributed by atoms with E-state index in [-0.39, 0.29) is 17.3 Å². The molecule has 0 radical (unpaired) electrons. The summed E-state index contributed by atoms with van der Waals surface area (Å²) in [4.78, 5) is 27.0. The summed E-state index contributed by atoms with van der Waals surface area (Å²) < 4.78 is 17.6. The standard InChI is InChI=1S/C23H13Cl2FN2O2S/c24-16-7-3-1-5-13(16)12-27-20-15-6-2-4-8-19(15)31-21(20)22(29)28(23(27)30)14-9-10-18(26)17(25)11-14/h1-11H,12H2. The highest BCUT2D eigenvalue weighted by Gasteiger charge is 2.20. The van der Waals surface area contributed by atoms with Crippen molar-refractivity contribution in [3.63, 3.8) is 0 Å². The molecular weight excluding hydrogens is 458 g/mol. The number of rotatable bonds is 3. The minimum atomic E-state index is -0.627. The molecule has 0 aliphatic carbocycles. The zero-order valence-corrected chi connectivity index (χ0v) is 18.1. The molecule has 0 N–H and O–H groups in total. The van der Waals surface area contributed by atoms with Gasteiger partial charge in [-0.05, 0) is 35.9 Å². The minimum absolute atomic E-state index is 0.169. The van der Waals surface area contributed by atoms with Gasteiger partial charge in [0.15, 0.2) is 0 Å². The predicted octanol–water partition coefficient (Wildman–Crippen LogP) is 5.86. The summed E-state index contributed by atoms with van der Waals surface area (Å²) in [6.07, 6.45) is 0. The molecule has 8 heteroatoms. The molecule has 2 heterocycles. The highest BCUT2D eigenvalue weighted by Crippen LogP contribution is 2.32. The van der Waals surface area contributed by atoms with Crippen LogP contribution in [-0.2, 0) is 6.54 Å². The lowest BCUT2D eigenvalue weighted by molar-refractivity contribution is 0.627. The lowest BCUT2D eigenvalue weighted by Gasteiger charge is -2.14. The first-order chi connectivity index (χ1) is 15.0. The molecule has 0 unspecified atom stereocenters. The van der Waals surface area contributed by atoms with Crippen molar-refractivity contribution >= 4 is 54.8 Å². The number of hydrogen-bond donors (Lipinski definition) is 0. The van der Waals surface area contributed by atoms with Crippen molar-refractivity contribution in [1.82, 2.24) is 9.13 Å². The Morgan fingerprint density at radius 2 is 1.65 bits per heavy atom. The van der Waals surface area contributed by atoms with E-state index in [1.165, 1.54) is 28.0 Å². The Labute approximate surface area is 189 Å². The van der Waals surface area contributed by atoms with Gasteiger partial charge in [0.25, 0.3) is 5.56 Å². The summed E-state index contributed by atoms with van der Waals surface area (Å²) in [5, 5.41) is 1.16. The van der Waals surface area contributed by atoms with Crippen molar-refractivity contribution in [3.8, 4) is 5.69 Å². The van der Waals surface area contributed by atoms with Crippen molar-refractivity contribution in [1.29, 1.82) is 0 Å². The summed E-state index contributed by atoms with van der Waals surface area (Å²) >= 11 is 13.6. The normalized spacial score (nSPS) is 11.5. The van der Waals surface area contributed by atoms with Gasteiger partial charge in [0.2, 0.25) is 0 Å². The first kappa shape index (κ1) is 20.0. The maximum absolute atomic E-state index is 13.7. The molecule has 0 atom stereocenters. The van der Waals surface area contributed by atoms with Gasteiger partial charge in [0, 0.05) is 15.1 Å². The number of nitrogens with zero attached hydrogens (tertiary/aromatic N) is 2. The van der Waals surface area contributed by atoms with Gasteiger partial charge in [-0.3, -0.25) is 9.36 Å². The van der Waals surface area contributed by atoms with E-state index >= 15 is 0 Å². The second-order valence-corrected chi connectivity index (χ2v) is 8.84. The van der Waals surface area contributed by atoms with E-state index in [9.17, 15) is 14.0 Å². The Hall–Kier alpha value is -2.93. The lowest BCUT2D eigenvalue weighted by atomic mass is 10.2. The highest BCUT2D eigenvalue weighted by molar-refractivity contribution is 7.25. The van der Waals surface area contributed by atoms with E-state index in [0.717, 1.165) is 26.3 Å². The average Bonchev–Trinajstić information content (AvgIpc) is 3.15. The zero-order valence-electron chi connectivity index (χ0n) is 15.8. The van der Waals surface area contributed by atoms with Gasteiger partial charge in [0.1, 0.15) is 10.5 Å². The van der Waals surface area contributed by atoms with Crippen LogP contribution in [-0.4, -0.2) is 9.13 Å². The van der Waals surface area contributed by atoms with E-state index in [1.807, 2.05) is 42.5 Å². The van der Waals surface area contributed by atoms with Crippen LogP contribution < -0.4 is 11.2 Å². The predicted molar refractivity (Wildman–Crippen MR) is 125 cm³/mol. The Bertz CT molecular complexity index is 1600. The van der Waals surface area contributed by atoms with E-state index in [4.69, 9.17) is 23.2 Å². The Kier molecular flexibility index (Phi) is 4.93. The number of halogens is 3. The van der Waals surface area contributed by atoms with Crippen LogP contribution in [0.1, 0.15) is 5.56 Å². The number of fused-ring (bicyclic) bond motifs is 3. The molecule has 0 aliphatic heterocycles. The third-order valence-electron chi connectivity index (χ3n) is 5.11. The van der Waals surface area contributed by atoms with Gasteiger partial charge in [0.05, 0.1) is 22.8 Å². The summed E-state index contributed by atoms with van der Waals surface area (Å²) in [6, 6.07) is 18.5. The minimum Gasteiger partial charge on any atom is -0.287 e. The van der Waals surface area contributed by atoms with Crippen molar-refractivity contribution in [2.75, 3.05) is 0 Å². The Balaban J connectivity index is 1.91. The van der Waals surface area contributed by atoms with Crippen molar-refractivity contribution in [3.05, 3.63) is 109 Å². The molecule has 0 spiro atoms. The molecular formula is C23H13Cl2FN2O2S. The van der Waals surface area contributed by atoms with Gasteiger partial charge >= 0.3 is 5.69 Å². The second-order valence-electron chi connectivity index (χ2n) is 6.98. The van der Waals surface area contributed by atoms with Gasteiger partial charge in [-0.15, -0.1) is 11.3 Å². The van der Waals surface area contributed by atoms with Crippen LogP contribution in [0.4, 0.5) is 4.39 Å². The molecule has 31 heavy (non-hydrogen) atoms. The number of hydrogen-bond acceptors (Lipinski definition) is 3. The number of thiophene rings is 1. The zero-order chi connectivity index (χ0) is 21.7. The van der Waals surface area contributed by atoms with Crippen LogP contribution in [0.2, 0.25) is 10.0 Å². The maximum atomic E-state index is 13.7. The fraction of sp³-hybridized carbons (Fsp3) is 0.0435. The van der Waals surface area contributed by atoms with Crippen molar-refractivity contribution < 1.29 is 4.39 Å². The average molecular weight is 471 g/mol. The monoisotopic (exact) mass is 470 g/mol. The van der Waals surface area contributed by atoms with E-state index < -0.39 is 17.1 Å². The molecule has 3 aromatic carbocycles. The van der Waals surface area contributed by atoms with E-state index in [1.54, 1.807) is 6.07 Å². The molecule has 5 rings (SSSR count). The SMILES string of the molecule is O=c1c2sc3ccccc3c2n(Cc2ccccc2Cl)c(=O)n1-c1ccc(F)c(Cl)c1. The largest absolute Gasteiger partial charge is 0.336 e. The molecule has 4 nitrogen and oxygen atoms in total. The van der Waals surface area contributed by atoms with Crippen LogP contribution in [0.25, 0.3) is 26.0 Å². The third-order valence-corrected chi connectivity index (χ3v) is 6.91. The molecule has 0 amide bonds. The molecule has 154 valence electrons. The Morgan fingerprint density at radius 3 is 2.42 bits per heavy atom. The lowest BCUT2D eigenvalue weighted by Crippen LogP contribution is -2.38. The van der Waals surface area contributed by atoms with Crippen LogP contribution in [0, 0.1) is 5.82 Å². The first-order valence-electron chi connectivity index (χ1n) is 9.31. The molecule has 5 aromatic rings. The summed E-state index contributed by atoms with van der Waals surface area (Å²) in [6.45, 7) is 0.172.